The normalized spacial score (nSPS) is 19.7. The quantitative estimate of drug-likeness (QED) is 0.807. The Morgan fingerprint density at radius 1 is 1.50 bits per heavy atom. The van der Waals surface area contributed by atoms with Gasteiger partial charge in [0.15, 0.2) is 0 Å². The van der Waals surface area contributed by atoms with Crippen LogP contribution in [0.15, 0.2) is 24.3 Å². The van der Waals surface area contributed by atoms with Crippen LogP contribution in [0.25, 0.3) is 0 Å². The standard InChI is InChI=1S/C11H12N2OS2/c1-7-4-2-3-5-8(7)12-6-9-10(14)13-11(15)16-9/h2-5,9,12H,6H2,1H3,(H,13,14,15). The second-order valence-corrected chi connectivity index (χ2v) is 5.46. The molecule has 1 amide bonds. The third-order valence-electron chi connectivity index (χ3n) is 2.39. The number of carbonyl (C=O) groups is 1. The van der Waals surface area contributed by atoms with Gasteiger partial charge >= 0.3 is 0 Å². The number of benzene rings is 1. The van der Waals surface area contributed by atoms with Crippen LogP contribution in [0.3, 0.4) is 0 Å². The number of anilines is 1. The summed E-state index contributed by atoms with van der Waals surface area (Å²) in [5.74, 6) is -0.00363. The minimum Gasteiger partial charge on any atom is -0.383 e. The maximum Gasteiger partial charge on any atom is 0.240 e. The zero-order chi connectivity index (χ0) is 11.5. The molecule has 1 unspecified atom stereocenters. The molecular weight excluding hydrogens is 240 g/mol. The minimum atomic E-state index is -0.118. The van der Waals surface area contributed by atoms with Gasteiger partial charge in [-0.1, -0.05) is 42.2 Å². The van der Waals surface area contributed by atoms with Gasteiger partial charge in [0, 0.05) is 12.2 Å². The highest BCUT2D eigenvalue weighted by atomic mass is 32.2. The number of nitrogens with one attached hydrogen (secondary N) is 2. The number of thiocarbonyl (C=S) groups is 1. The molecule has 2 N–H and O–H groups in total. The molecule has 0 aliphatic carbocycles. The second-order valence-electron chi connectivity index (χ2n) is 3.58. The monoisotopic (exact) mass is 252 g/mol. The van der Waals surface area contributed by atoms with Gasteiger partial charge in [-0.15, -0.1) is 0 Å². The zero-order valence-electron chi connectivity index (χ0n) is 8.82. The first kappa shape index (κ1) is 11.4. The first-order valence-electron chi connectivity index (χ1n) is 4.98. The Labute approximate surface area is 104 Å². The molecule has 2 rings (SSSR count). The average Bonchev–Trinajstić information content (AvgIpc) is 2.56. The van der Waals surface area contributed by atoms with Crippen molar-refractivity contribution in [1.82, 2.24) is 5.32 Å². The van der Waals surface area contributed by atoms with Crippen LogP contribution in [0, 0.1) is 6.92 Å². The van der Waals surface area contributed by atoms with Crippen molar-refractivity contribution in [3.63, 3.8) is 0 Å². The van der Waals surface area contributed by atoms with Crippen molar-refractivity contribution in [2.24, 2.45) is 0 Å². The lowest BCUT2D eigenvalue weighted by Crippen LogP contribution is -2.29. The number of hydrogen-bond acceptors (Lipinski definition) is 4. The van der Waals surface area contributed by atoms with Gasteiger partial charge in [0.2, 0.25) is 5.91 Å². The molecule has 3 nitrogen and oxygen atoms in total. The molecule has 16 heavy (non-hydrogen) atoms. The number of amides is 1. The van der Waals surface area contributed by atoms with Crippen molar-refractivity contribution in [2.75, 3.05) is 11.9 Å². The van der Waals surface area contributed by atoms with E-state index < -0.39 is 0 Å². The summed E-state index contributed by atoms with van der Waals surface area (Å²) in [4.78, 5) is 11.4. The number of aryl methyl sites for hydroxylation is 1. The lowest BCUT2D eigenvalue weighted by molar-refractivity contribution is -0.118. The first-order valence-corrected chi connectivity index (χ1v) is 6.26. The number of hydrogen-bond donors (Lipinski definition) is 2. The Balaban J connectivity index is 1.95. The van der Waals surface area contributed by atoms with E-state index in [-0.39, 0.29) is 11.2 Å². The molecule has 84 valence electrons. The number of thioether (sulfide) groups is 1. The molecule has 1 heterocycles. The predicted octanol–water partition coefficient (Wildman–Crippen LogP) is 1.92. The Morgan fingerprint density at radius 3 is 2.88 bits per heavy atom. The number of carbonyl (C=O) groups excluding carboxylic acids is 1. The molecule has 0 aromatic heterocycles. The van der Waals surface area contributed by atoms with Crippen LogP contribution in [0.2, 0.25) is 0 Å². The molecule has 0 saturated carbocycles. The lowest BCUT2D eigenvalue weighted by atomic mass is 10.2. The summed E-state index contributed by atoms with van der Waals surface area (Å²) < 4.78 is 0.571. The molecule has 1 aliphatic rings. The topological polar surface area (TPSA) is 41.1 Å². The lowest BCUT2D eigenvalue weighted by Gasteiger charge is -2.11. The molecule has 1 aliphatic heterocycles. The van der Waals surface area contributed by atoms with E-state index in [1.807, 2.05) is 31.2 Å². The molecule has 1 saturated heterocycles. The van der Waals surface area contributed by atoms with E-state index in [0.717, 1.165) is 5.69 Å². The maximum atomic E-state index is 11.4. The van der Waals surface area contributed by atoms with Gasteiger partial charge in [-0.2, -0.15) is 0 Å². The van der Waals surface area contributed by atoms with Crippen LogP contribution >= 0.6 is 24.0 Å². The van der Waals surface area contributed by atoms with Crippen LogP contribution in [0.4, 0.5) is 5.69 Å². The van der Waals surface area contributed by atoms with Gasteiger partial charge in [-0.25, -0.2) is 0 Å². The summed E-state index contributed by atoms with van der Waals surface area (Å²) in [6.45, 7) is 2.64. The molecular formula is C11H12N2OS2. The highest BCUT2D eigenvalue weighted by molar-refractivity contribution is 8.24. The third-order valence-corrected chi connectivity index (χ3v) is 3.76. The Morgan fingerprint density at radius 2 is 2.25 bits per heavy atom. The van der Waals surface area contributed by atoms with Crippen LogP contribution < -0.4 is 10.6 Å². The molecule has 1 atom stereocenters. The smallest absolute Gasteiger partial charge is 0.240 e. The van der Waals surface area contributed by atoms with Crippen LogP contribution in [-0.4, -0.2) is 22.0 Å². The number of rotatable bonds is 3. The summed E-state index contributed by atoms with van der Waals surface area (Å²) >= 11 is 6.34. The molecule has 1 aromatic rings. The van der Waals surface area contributed by atoms with Crippen molar-refractivity contribution < 1.29 is 4.79 Å². The summed E-state index contributed by atoms with van der Waals surface area (Å²) in [5, 5.41) is 5.78. The summed E-state index contributed by atoms with van der Waals surface area (Å²) in [7, 11) is 0. The van der Waals surface area contributed by atoms with E-state index in [2.05, 4.69) is 10.6 Å². The van der Waals surface area contributed by atoms with Crippen molar-refractivity contribution in [3.8, 4) is 0 Å². The average molecular weight is 252 g/mol. The highest BCUT2D eigenvalue weighted by Crippen LogP contribution is 2.21. The molecule has 1 fully saturated rings. The Hall–Kier alpha value is -1.07. The van der Waals surface area contributed by atoms with Crippen molar-refractivity contribution in [3.05, 3.63) is 29.8 Å². The van der Waals surface area contributed by atoms with E-state index in [0.29, 0.717) is 10.9 Å². The van der Waals surface area contributed by atoms with Crippen molar-refractivity contribution >= 4 is 39.9 Å². The molecule has 5 heteroatoms. The van der Waals surface area contributed by atoms with Crippen LogP contribution in [-0.2, 0) is 4.79 Å². The predicted molar refractivity (Wildman–Crippen MR) is 71.8 cm³/mol. The summed E-state index contributed by atoms with van der Waals surface area (Å²) in [6, 6.07) is 8.01. The van der Waals surface area contributed by atoms with Gasteiger partial charge < -0.3 is 10.6 Å². The first-order chi connectivity index (χ1) is 7.66. The fourth-order valence-corrected chi connectivity index (χ4v) is 2.70. The van der Waals surface area contributed by atoms with E-state index in [9.17, 15) is 4.79 Å². The third kappa shape index (κ3) is 2.54. The molecule has 0 spiro atoms. The highest BCUT2D eigenvalue weighted by Gasteiger charge is 2.28. The number of para-hydroxylation sites is 1. The van der Waals surface area contributed by atoms with Gasteiger partial charge in [0.1, 0.15) is 9.57 Å². The summed E-state index contributed by atoms with van der Waals surface area (Å²) in [6.07, 6.45) is 0. The van der Waals surface area contributed by atoms with E-state index in [1.165, 1.54) is 17.3 Å². The van der Waals surface area contributed by atoms with Gasteiger partial charge in [0.05, 0.1) is 0 Å². The second kappa shape index (κ2) is 4.84. The van der Waals surface area contributed by atoms with Gasteiger partial charge in [-0.3, -0.25) is 4.79 Å². The van der Waals surface area contributed by atoms with Gasteiger partial charge in [-0.05, 0) is 18.6 Å². The van der Waals surface area contributed by atoms with E-state index >= 15 is 0 Å². The van der Waals surface area contributed by atoms with Gasteiger partial charge in [0.25, 0.3) is 0 Å². The maximum absolute atomic E-state index is 11.4. The zero-order valence-corrected chi connectivity index (χ0v) is 10.5. The fourth-order valence-electron chi connectivity index (χ4n) is 1.50. The van der Waals surface area contributed by atoms with Crippen molar-refractivity contribution in [2.45, 2.75) is 12.2 Å². The van der Waals surface area contributed by atoms with E-state index in [1.54, 1.807) is 0 Å². The molecule has 1 aromatic carbocycles. The Kier molecular flexibility index (Phi) is 3.46. The summed E-state index contributed by atoms with van der Waals surface area (Å²) in [5.41, 5.74) is 2.24. The van der Waals surface area contributed by atoms with Crippen LogP contribution in [0.5, 0.6) is 0 Å². The fraction of sp³-hybridized carbons (Fsp3) is 0.273. The molecule has 0 bridgehead atoms. The van der Waals surface area contributed by atoms with Crippen molar-refractivity contribution in [1.29, 1.82) is 0 Å². The SMILES string of the molecule is Cc1ccccc1NCC1SC(=S)NC1=O. The molecule has 0 radical (unpaired) electrons. The van der Waals surface area contributed by atoms with Crippen LogP contribution in [0.1, 0.15) is 5.56 Å². The van der Waals surface area contributed by atoms with E-state index in [4.69, 9.17) is 12.2 Å². The Bertz CT molecular complexity index is 434. The largest absolute Gasteiger partial charge is 0.383 e. The minimum absolute atomic E-state index is 0.00363.